The molecule has 0 bridgehead atoms. The average Bonchev–Trinajstić information content (AvgIpc) is 3.21. The molecule has 2 atom stereocenters. The van der Waals surface area contributed by atoms with E-state index in [4.69, 9.17) is 0 Å². The summed E-state index contributed by atoms with van der Waals surface area (Å²) >= 11 is 1.59. The Balaban J connectivity index is 1.87. The normalized spacial score (nSPS) is 18.6. The fourth-order valence-electron chi connectivity index (χ4n) is 3.81. The molecule has 0 spiro atoms. The van der Waals surface area contributed by atoms with Gasteiger partial charge in [-0.3, -0.25) is 9.59 Å². The van der Waals surface area contributed by atoms with Crippen LogP contribution in [0.5, 0.6) is 0 Å². The number of carbonyl (C=O) groups is 2. The summed E-state index contributed by atoms with van der Waals surface area (Å²) < 4.78 is 13.4. The average molecular weight is 457 g/mol. The lowest BCUT2D eigenvalue weighted by atomic mass is 9.86. The molecule has 0 saturated carbocycles. The molecule has 1 fully saturated rings. The number of amides is 2. The van der Waals surface area contributed by atoms with Gasteiger partial charge in [0.2, 0.25) is 5.91 Å². The third kappa shape index (κ3) is 5.71. The van der Waals surface area contributed by atoms with E-state index >= 15 is 0 Å². The fourth-order valence-corrected chi connectivity index (χ4v) is 5.24. The standard InChI is InChI=1S/C26H33FN2O2S/c1-5-6-7-16-28-23(30)22-17-32-25(19-8-12-20(13-9-19)26(2,3)4)29(22)24(31)18-10-14-21(27)15-11-18/h8-15,22,25H,5-7,16-17H2,1-4H3,(H,28,30). The van der Waals surface area contributed by atoms with Crippen molar-refractivity contribution in [1.29, 1.82) is 0 Å². The van der Waals surface area contributed by atoms with Crippen LogP contribution in [0.3, 0.4) is 0 Å². The van der Waals surface area contributed by atoms with Gasteiger partial charge in [0.25, 0.3) is 5.91 Å². The van der Waals surface area contributed by atoms with Crippen LogP contribution in [-0.2, 0) is 10.2 Å². The molecule has 6 heteroatoms. The number of nitrogens with zero attached hydrogens (tertiary/aromatic N) is 1. The van der Waals surface area contributed by atoms with Gasteiger partial charge >= 0.3 is 0 Å². The first-order chi connectivity index (χ1) is 15.2. The number of nitrogens with one attached hydrogen (secondary N) is 1. The second-order valence-electron chi connectivity index (χ2n) is 9.29. The highest BCUT2D eigenvalue weighted by atomic mass is 32.2. The predicted octanol–water partition coefficient (Wildman–Crippen LogP) is 5.69. The lowest BCUT2D eigenvalue weighted by Crippen LogP contribution is -2.48. The van der Waals surface area contributed by atoms with Crippen molar-refractivity contribution in [3.05, 3.63) is 71.0 Å². The largest absolute Gasteiger partial charge is 0.354 e. The zero-order valence-electron chi connectivity index (χ0n) is 19.4. The van der Waals surface area contributed by atoms with Gasteiger partial charge in [0.05, 0.1) is 0 Å². The topological polar surface area (TPSA) is 49.4 Å². The van der Waals surface area contributed by atoms with Gasteiger partial charge in [0.1, 0.15) is 17.2 Å². The van der Waals surface area contributed by atoms with Crippen molar-refractivity contribution < 1.29 is 14.0 Å². The van der Waals surface area contributed by atoms with Crippen LogP contribution in [0, 0.1) is 5.82 Å². The van der Waals surface area contributed by atoms with Crippen LogP contribution in [-0.4, -0.2) is 35.1 Å². The van der Waals surface area contributed by atoms with Crippen molar-refractivity contribution in [3.8, 4) is 0 Å². The minimum Gasteiger partial charge on any atom is -0.354 e. The van der Waals surface area contributed by atoms with Gasteiger partial charge in [-0.1, -0.05) is 64.8 Å². The fraction of sp³-hybridized carbons (Fsp3) is 0.462. The summed E-state index contributed by atoms with van der Waals surface area (Å²) in [5, 5.41) is 2.73. The molecule has 32 heavy (non-hydrogen) atoms. The number of carbonyl (C=O) groups excluding carboxylic acids is 2. The highest BCUT2D eigenvalue weighted by molar-refractivity contribution is 7.99. The van der Waals surface area contributed by atoms with Crippen molar-refractivity contribution in [3.63, 3.8) is 0 Å². The van der Waals surface area contributed by atoms with E-state index in [0.717, 1.165) is 24.8 Å². The van der Waals surface area contributed by atoms with Gasteiger partial charge in [-0.15, -0.1) is 11.8 Å². The third-order valence-electron chi connectivity index (χ3n) is 5.77. The number of hydrogen-bond acceptors (Lipinski definition) is 3. The molecule has 1 aliphatic heterocycles. The van der Waals surface area contributed by atoms with E-state index in [-0.39, 0.29) is 22.6 Å². The Bertz CT molecular complexity index is 922. The zero-order chi connectivity index (χ0) is 23.3. The molecule has 4 nitrogen and oxygen atoms in total. The van der Waals surface area contributed by atoms with E-state index in [1.807, 2.05) is 12.1 Å². The molecule has 0 aliphatic carbocycles. The molecule has 2 aromatic carbocycles. The van der Waals surface area contributed by atoms with Crippen LogP contribution < -0.4 is 5.32 Å². The number of hydrogen-bond donors (Lipinski definition) is 1. The molecule has 3 rings (SSSR count). The van der Waals surface area contributed by atoms with E-state index in [1.54, 1.807) is 16.7 Å². The van der Waals surface area contributed by atoms with Crippen LogP contribution in [0.15, 0.2) is 48.5 Å². The Kier molecular flexibility index (Phi) is 7.99. The van der Waals surface area contributed by atoms with Crippen LogP contribution in [0.1, 0.15) is 73.8 Å². The molecule has 1 saturated heterocycles. The number of halogens is 1. The minimum absolute atomic E-state index is 0.0336. The number of rotatable bonds is 7. The minimum atomic E-state index is -0.563. The quantitative estimate of drug-likeness (QED) is 0.545. The lowest BCUT2D eigenvalue weighted by Gasteiger charge is -2.29. The van der Waals surface area contributed by atoms with Gasteiger partial charge in [-0.2, -0.15) is 0 Å². The van der Waals surface area contributed by atoms with Crippen molar-refractivity contribution in [2.45, 2.75) is 63.8 Å². The summed E-state index contributed by atoms with van der Waals surface area (Å²) in [4.78, 5) is 28.1. The van der Waals surface area contributed by atoms with Crippen molar-refractivity contribution in [2.75, 3.05) is 12.3 Å². The van der Waals surface area contributed by atoms with Crippen LogP contribution >= 0.6 is 11.8 Å². The zero-order valence-corrected chi connectivity index (χ0v) is 20.2. The number of benzene rings is 2. The number of unbranched alkanes of at least 4 members (excludes halogenated alkanes) is 2. The van der Waals surface area contributed by atoms with E-state index < -0.39 is 11.9 Å². The Labute approximate surface area is 195 Å². The smallest absolute Gasteiger partial charge is 0.255 e. The highest BCUT2D eigenvalue weighted by Gasteiger charge is 2.42. The first-order valence-corrected chi connectivity index (χ1v) is 12.3. The summed E-state index contributed by atoms with van der Waals surface area (Å²) in [6.45, 7) is 9.21. The molecule has 2 aromatic rings. The van der Waals surface area contributed by atoms with Crippen LogP contribution in [0.25, 0.3) is 0 Å². The van der Waals surface area contributed by atoms with Gasteiger partial charge in [0.15, 0.2) is 0 Å². The van der Waals surface area contributed by atoms with Crippen LogP contribution in [0.2, 0.25) is 0 Å². The SMILES string of the molecule is CCCCCNC(=O)C1CSC(c2ccc(C(C)(C)C)cc2)N1C(=O)c1ccc(F)cc1. The monoisotopic (exact) mass is 456 g/mol. The highest BCUT2D eigenvalue weighted by Crippen LogP contribution is 2.42. The second-order valence-corrected chi connectivity index (χ2v) is 10.4. The van der Waals surface area contributed by atoms with Crippen molar-refractivity contribution in [1.82, 2.24) is 10.2 Å². The molecule has 1 heterocycles. The second kappa shape index (κ2) is 10.5. The van der Waals surface area contributed by atoms with Crippen LogP contribution in [0.4, 0.5) is 4.39 Å². The van der Waals surface area contributed by atoms with Gasteiger partial charge in [-0.25, -0.2) is 4.39 Å². The Morgan fingerprint density at radius 3 is 2.31 bits per heavy atom. The summed E-state index contributed by atoms with van der Waals surface area (Å²) in [5.74, 6) is -0.249. The molecule has 2 unspecified atom stereocenters. The maximum Gasteiger partial charge on any atom is 0.255 e. The molecule has 0 aromatic heterocycles. The maximum atomic E-state index is 13.5. The van der Waals surface area contributed by atoms with Crippen molar-refractivity contribution >= 4 is 23.6 Å². The third-order valence-corrected chi connectivity index (χ3v) is 7.09. The molecular weight excluding hydrogens is 423 g/mol. The van der Waals surface area contributed by atoms with Gasteiger partial charge in [0, 0.05) is 17.9 Å². The Morgan fingerprint density at radius 1 is 1.06 bits per heavy atom. The first kappa shape index (κ1) is 24.3. The number of thioether (sulfide) groups is 1. The van der Waals surface area contributed by atoms with Gasteiger partial charge in [-0.05, 0) is 47.2 Å². The summed E-state index contributed by atoms with van der Waals surface area (Å²) in [7, 11) is 0. The lowest BCUT2D eigenvalue weighted by molar-refractivity contribution is -0.124. The first-order valence-electron chi connectivity index (χ1n) is 11.3. The van der Waals surface area contributed by atoms with E-state index in [9.17, 15) is 14.0 Å². The maximum absolute atomic E-state index is 13.5. The summed E-state index contributed by atoms with van der Waals surface area (Å²) in [6, 6.07) is 13.2. The summed E-state index contributed by atoms with van der Waals surface area (Å²) in [6.07, 6.45) is 3.06. The van der Waals surface area contributed by atoms with E-state index in [0.29, 0.717) is 17.9 Å². The molecule has 2 amide bonds. The predicted molar refractivity (Wildman–Crippen MR) is 129 cm³/mol. The molecule has 0 radical (unpaired) electrons. The van der Waals surface area contributed by atoms with Crippen molar-refractivity contribution in [2.24, 2.45) is 0 Å². The Hall–Kier alpha value is -2.34. The summed E-state index contributed by atoms with van der Waals surface area (Å²) in [5.41, 5.74) is 2.62. The Morgan fingerprint density at radius 2 is 1.72 bits per heavy atom. The molecular formula is C26H33FN2O2S. The van der Waals surface area contributed by atoms with E-state index in [2.05, 4.69) is 45.1 Å². The molecule has 1 aliphatic rings. The van der Waals surface area contributed by atoms with Gasteiger partial charge < -0.3 is 10.2 Å². The van der Waals surface area contributed by atoms with E-state index in [1.165, 1.54) is 29.8 Å². The molecule has 1 N–H and O–H groups in total. The molecule has 172 valence electrons.